The number of anilines is 1. The van der Waals surface area contributed by atoms with Gasteiger partial charge in [0.05, 0.1) is 5.75 Å². The minimum atomic E-state index is -3.23. The molecule has 0 aliphatic rings. The number of sulfonamides is 1. The molecule has 18 heavy (non-hydrogen) atoms. The standard InChI is InChI=1S/C12H20N2O3S/c1-3-7-14(2)18(15,16)9-8-17-12-6-4-5-11(13)10-12/h4-6,10H,3,7-9,13H2,1-2H3. The van der Waals surface area contributed by atoms with Crippen molar-refractivity contribution in [3.8, 4) is 5.75 Å². The second-order valence-electron chi connectivity index (χ2n) is 4.06. The fraction of sp³-hybridized carbons (Fsp3) is 0.500. The predicted octanol–water partition coefficient (Wildman–Crippen LogP) is 1.32. The summed E-state index contributed by atoms with van der Waals surface area (Å²) >= 11 is 0. The Hall–Kier alpha value is -1.27. The first-order valence-corrected chi connectivity index (χ1v) is 7.49. The zero-order valence-corrected chi connectivity index (χ0v) is 11.6. The van der Waals surface area contributed by atoms with Crippen molar-refractivity contribution in [1.29, 1.82) is 0 Å². The smallest absolute Gasteiger partial charge is 0.217 e. The van der Waals surface area contributed by atoms with Crippen molar-refractivity contribution in [3.63, 3.8) is 0 Å². The molecule has 1 aromatic carbocycles. The molecule has 0 radical (unpaired) electrons. The van der Waals surface area contributed by atoms with Crippen molar-refractivity contribution in [2.45, 2.75) is 13.3 Å². The lowest BCUT2D eigenvalue weighted by Crippen LogP contribution is -2.32. The van der Waals surface area contributed by atoms with Crippen molar-refractivity contribution < 1.29 is 13.2 Å². The van der Waals surface area contributed by atoms with Crippen LogP contribution in [-0.4, -0.2) is 38.7 Å². The van der Waals surface area contributed by atoms with E-state index in [1.54, 1.807) is 31.3 Å². The maximum Gasteiger partial charge on any atom is 0.217 e. The SMILES string of the molecule is CCCN(C)S(=O)(=O)CCOc1cccc(N)c1. The fourth-order valence-corrected chi connectivity index (χ4v) is 2.55. The highest BCUT2D eigenvalue weighted by Crippen LogP contribution is 2.14. The van der Waals surface area contributed by atoms with Gasteiger partial charge in [-0.1, -0.05) is 13.0 Å². The first kappa shape index (κ1) is 14.8. The number of hydrogen-bond acceptors (Lipinski definition) is 4. The summed E-state index contributed by atoms with van der Waals surface area (Å²) in [6.07, 6.45) is 0.797. The Morgan fingerprint density at radius 3 is 2.72 bits per heavy atom. The number of nitrogens with zero attached hydrogens (tertiary/aromatic N) is 1. The van der Waals surface area contributed by atoms with Gasteiger partial charge in [0.15, 0.2) is 0 Å². The fourth-order valence-electron chi connectivity index (χ4n) is 1.48. The van der Waals surface area contributed by atoms with Gasteiger partial charge in [-0.3, -0.25) is 0 Å². The van der Waals surface area contributed by atoms with Crippen molar-refractivity contribution in [3.05, 3.63) is 24.3 Å². The van der Waals surface area contributed by atoms with Crippen LogP contribution in [0.15, 0.2) is 24.3 Å². The Balaban J connectivity index is 2.46. The first-order valence-electron chi connectivity index (χ1n) is 5.88. The second-order valence-corrected chi connectivity index (χ2v) is 6.25. The third-order valence-electron chi connectivity index (χ3n) is 2.48. The van der Waals surface area contributed by atoms with Crippen LogP contribution in [0.25, 0.3) is 0 Å². The summed E-state index contributed by atoms with van der Waals surface area (Å²) < 4.78 is 30.3. The predicted molar refractivity (Wildman–Crippen MR) is 73.1 cm³/mol. The summed E-state index contributed by atoms with van der Waals surface area (Å²) in [4.78, 5) is 0. The average Bonchev–Trinajstić information content (AvgIpc) is 2.29. The molecule has 0 aliphatic heterocycles. The van der Waals surface area contributed by atoms with Crippen LogP contribution in [0.3, 0.4) is 0 Å². The van der Waals surface area contributed by atoms with Gasteiger partial charge in [-0.05, 0) is 18.6 Å². The third-order valence-corrected chi connectivity index (χ3v) is 4.30. The lowest BCUT2D eigenvalue weighted by atomic mass is 10.3. The molecule has 0 heterocycles. The van der Waals surface area contributed by atoms with E-state index >= 15 is 0 Å². The molecule has 6 heteroatoms. The van der Waals surface area contributed by atoms with E-state index in [0.717, 1.165) is 6.42 Å². The summed E-state index contributed by atoms with van der Waals surface area (Å²) in [6.45, 7) is 2.59. The normalized spacial score (nSPS) is 11.7. The number of benzene rings is 1. The molecule has 102 valence electrons. The third kappa shape index (κ3) is 4.54. The lowest BCUT2D eigenvalue weighted by molar-refractivity contribution is 0.337. The van der Waals surface area contributed by atoms with Gasteiger partial charge in [0.25, 0.3) is 0 Å². The van der Waals surface area contributed by atoms with E-state index in [-0.39, 0.29) is 12.4 Å². The van der Waals surface area contributed by atoms with Crippen molar-refractivity contribution >= 4 is 15.7 Å². The van der Waals surface area contributed by atoms with E-state index in [1.165, 1.54) is 4.31 Å². The molecule has 0 fully saturated rings. The van der Waals surface area contributed by atoms with Crippen LogP contribution in [0.5, 0.6) is 5.75 Å². The molecule has 0 unspecified atom stereocenters. The van der Waals surface area contributed by atoms with E-state index in [4.69, 9.17) is 10.5 Å². The Kier molecular flexibility index (Phi) is 5.43. The summed E-state index contributed by atoms with van der Waals surface area (Å²) in [5.74, 6) is 0.557. The van der Waals surface area contributed by atoms with E-state index in [9.17, 15) is 8.42 Å². The molecule has 0 saturated carbocycles. The number of rotatable bonds is 7. The first-order chi connectivity index (χ1) is 8.45. The van der Waals surface area contributed by atoms with Gasteiger partial charge in [0.1, 0.15) is 12.4 Å². The van der Waals surface area contributed by atoms with Crippen LogP contribution in [0.1, 0.15) is 13.3 Å². The molecule has 2 N–H and O–H groups in total. The van der Waals surface area contributed by atoms with E-state index in [0.29, 0.717) is 18.0 Å². The topological polar surface area (TPSA) is 72.6 Å². The van der Waals surface area contributed by atoms with Crippen LogP contribution in [0.4, 0.5) is 5.69 Å². The molecular weight excluding hydrogens is 252 g/mol. The second kappa shape index (κ2) is 6.61. The molecule has 0 amide bonds. The van der Waals surface area contributed by atoms with E-state index < -0.39 is 10.0 Å². The Labute approximate surface area is 109 Å². The minimum Gasteiger partial charge on any atom is -0.492 e. The monoisotopic (exact) mass is 272 g/mol. The van der Waals surface area contributed by atoms with Crippen molar-refractivity contribution in [2.24, 2.45) is 0 Å². The van der Waals surface area contributed by atoms with Gasteiger partial charge in [0.2, 0.25) is 10.0 Å². The molecule has 0 spiro atoms. The van der Waals surface area contributed by atoms with Gasteiger partial charge in [-0.2, -0.15) is 0 Å². The molecule has 0 saturated heterocycles. The van der Waals surface area contributed by atoms with Crippen LogP contribution in [0, 0.1) is 0 Å². The van der Waals surface area contributed by atoms with Crippen LogP contribution < -0.4 is 10.5 Å². The van der Waals surface area contributed by atoms with Crippen LogP contribution in [0.2, 0.25) is 0 Å². The van der Waals surface area contributed by atoms with Gasteiger partial charge in [-0.15, -0.1) is 0 Å². The van der Waals surface area contributed by atoms with Gasteiger partial charge in [0, 0.05) is 25.3 Å². The molecule has 1 aromatic rings. The molecule has 0 aromatic heterocycles. The maximum absolute atomic E-state index is 11.8. The summed E-state index contributed by atoms with van der Waals surface area (Å²) in [6, 6.07) is 6.93. The summed E-state index contributed by atoms with van der Waals surface area (Å²) in [5, 5.41) is 0. The average molecular weight is 272 g/mol. The molecule has 1 rings (SSSR count). The van der Waals surface area contributed by atoms with Gasteiger partial charge < -0.3 is 10.5 Å². The van der Waals surface area contributed by atoms with Crippen LogP contribution in [-0.2, 0) is 10.0 Å². The highest BCUT2D eigenvalue weighted by Gasteiger charge is 2.16. The van der Waals surface area contributed by atoms with Gasteiger partial charge >= 0.3 is 0 Å². The van der Waals surface area contributed by atoms with E-state index in [1.807, 2.05) is 6.92 Å². The maximum atomic E-state index is 11.8. The summed E-state index contributed by atoms with van der Waals surface area (Å²) in [7, 11) is -1.64. The molecule has 5 nitrogen and oxygen atoms in total. The molecule has 0 bridgehead atoms. The zero-order valence-electron chi connectivity index (χ0n) is 10.8. The molecular formula is C12H20N2O3S. The molecule has 0 atom stereocenters. The largest absolute Gasteiger partial charge is 0.492 e. The zero-order chi connectivity index (χ0) is 13.6. The Morgan fingerprint density at radius 1 is 1.39 bits per heavy atom. The van der Waals surface area contributed by atoms with Crippen molar-refractivity contribution in [1.82, 2.24) is 4.31 Å². The Morgan fingerprint density at radius 2 is 2.11 bits per heavy atom. The number of ether oxygens (including phenoxy) is 1. The van der Waals surface area contributed by atoms with Crippen LogP contribution >= 0.6 is 0 Å². The highest BCUT2D eigenvalue weighted by atomic mass is 32.2. The Bertz CT molecular complexity index is 474. The highest BCUT2D eigenvalue weighted by molar-refractivity contribution is 7.89. The van der Waals surface area contributed by atoms with Crippen molar-refractivity contribution in [2.75, 3.05) is 31.7 Å². The lowest BCUT2D eigenvalue weighted by Gasteiger charge is -2.16. The molecule has 0 aliphatic carbocycles. The minimum absolute atomic E-state index is 0.0295. The number of hydrogen-bond donors (Lipinski definition) is 1. The summed E-state index contributed by atoms with van der Waals surface area (Å²) in [5.41, 5.74) is 6.19. The van der Waals surface area contributed by atoms with E-state index in [2.05, 4.69) is 0 Å². The number of nitrogen functional groups attached to an aromatic ring is 1. The number of nitrogens with two attached hydrogens (primary N) is 1. The van der Waals surface area contributed by atoms with Gasteiger partial charge in [-0.25, -0.2) is 12.7 Å². The quantitative estimate of drug-likeness (QED) is 0.760.